The van der Waals surface area contributed by atoms with Gasteiger partial charge in [-0.3, -0.25) is 24.0 Å². The number of carbonyl (C=O) groups is 5. The topological polar surface area (TPSA) is 146 Å². The van der Waals surface area contributed by atoms with Crippen LogP contribution in [-0.4, -0.2) is 50.0 Å². The molecular weight excluding hydrogens is 488 g/mol. The highest BCUT2D eigenvalue weighted by Crippen LogP contribution is 2.69. The van der Waals surface area contributed by atoms with Crippen molar-refractivity contribution in [2.24, 2.45) is 33.5 Å². The Balaban J connectivity index is 1.82. The second-order valence-electron chi connectivity index (χ2n) is 13.2. The van der Waals surface area contributed by atoms with E-state index in [2.05, 4.69) is 0 Å². The van der Waals surface area contributed by atoms with E-state index in [9.17, 15) is 34.2 Å². The van der Waals surface area contributed by atoms with Crippen molar-refractivity contribution in [2.45, 2.75) is 86.2 Å². The first-order chi connectivity index (χ1) is 17.3. The fourth-order valence-corrected chi connectivity index (χ4v) is 7.83. The number of aliphatic hydroxyl groups excluding tert-OH is 1. The third kappa shape index (κ3) is 3.48. The summed E-state index contributed by atoms with van der Waals surface area (Å²) in [5, 5.41) is 32.1. The Morgan fingerprint density at radius 1 is 1.05 bits per heavy atom. The van der Waals surface area contributed by atoms with Crippen LogP contribution < -0.4 is 0 Å². The van der Waals surface area contributed by atoms with Crippen LogP contribution in [0.25, 0.3) is 0 Å². The van der Waals surface area contributed by atoms with E-state index < -0.39 is 62.9 Å². The average Bonchev–Trinajstić information content (AvgIpc) is 3.01. The predicted octanol–water partition coefficient (Wildman–Crippen LogP) is 4.07. The Kier molecular flexibility index (Phi) is 6.16. The summed E-state index contributed by atoms with van der Waals surface area (Å²) in [6.07, 6.45) is 2.96. The molecule has 0 aromatic heterocycles. The Bertz CT molecular complexity index is 1280. The number of aliphatic carboxylic acids is 1. The first-order valence-electron chi connectivity index (χ1n) is 13.2. The van der Waals surface area contributed by atoms with Crippen molar-refractivity contribution in [2.75, 3.05) is 0 Å². The SMILES string of the molecule is CC(CC(=O)CC(C)(O)C1=CC(=O)C2(C)C3=C(O)CC4C(C)(C)C(=O)CCC4(C)C3=CC(=O)C12C)C(=O)O. The number of carbonyl (C=O) groups excluding carboxylic acids is 4. The van der Waals surface area contributed by atoms with E-state index in [1.165, 1.54) is 26.0 Å². The van der Waals surface area contributed by atoms with Crippen molar-refractivity contribution in [1.82, 2.24) is 0 Å². The van der Waals surface area contributed by atoms with Gasteiger partial charge in [-0.2, -0.15) is 0 Å². The molecule has 0 spiro atoms. The molecule has 0 saturated heterocycles. The molecule has 0 aromatic rings. The molecule has 1 fully saturated rings. The van der Waals surface area contributed by atoms with Gasteiger partial charge >= 0.3 is 5.97 Å². The van der Waals surface area contributed by atoms with Crippen LogP contribution in [0.4, 0.5) is 0 Å². The lowest BCUT2D eigenvalue weighted by molar-refractivity contribution is -0.143. The van der Waals surface area contributed by atoms with E-state index in [-0.39, 0.29) is 35.9 Å². The largest absolute Gasteiger partial charge is 0.512 e. The first kappa shape index (κ1) is 28.1. The van der Waals surface area contributed by atoms with Crippen LogP contribution in [0.1, 0.15) is 80.6 Å². The number of carboxylic acids is 1. The summed E-state index contributed by atoms with van der Waals surface area (Å²) >= 11 is 0. The quantitative estimate of drug-likeness (QED) is 0.470. The van der Waals surface area contributed by atoms with Gasteiger partial charge in [-0.1, -0.05) is 27.7 Å². The molecule has 6 atom stereocenters. The van der Waals surface area contributed by atoms with E-state index in [0.717, 1.165) is 0 Å². The van der Waals surface area contributed by atoms with Crippen LogP contribution >= 0.6 is 0 Å². The second-order valence-corrected chi connectivity index (χ2v) is 13.2. The standard InChI is InChI=1S/C30H38O8/c1-15(25(36)37)10-16(31)14-28(5,38)20-13-23(35)30(7)24-17(11-22(34)29(20,30)6)27(4)9-8-21(33)26(2,3)19(27)12-18(24)32/h11,13,15,19,32,38H,8-10,12,14H2,1-7H3,(H,36,37). The number of hydrogen-bond donors (Lipinski definition) is 3. The van der Waals surface area contributed by atoms with E-state index in [0.29, 0.717) is 24.0 Å². The minimum absolute atomic E-state index is 0.0308. The molecule has 0 radical (unpaired) electrons. The van der Waals surface area contributed by atoms with E-state index in [1.807, 2.05) is 20.8 Å². The number of fused-ring (bicyclic) bond motifs is 5. The molecule has 1 saturated carbocycles. The number of carboxylic acid groups (broad SMARTS) is 1. The highest BCUT2D eigenvalue weighted by Gasteiger charge is 2.70. The molecule has 0 aromatic carbocycles. The minimum atomic E-state index is -1.89. The lowest BCUT2D eigenvalue weighted by atomic mass is 9.43. The van der Waals surface area contributed by atoms with Crippen LogP contribution in [0, 0.1) is 33.5 Å². The maximum absolute atomic E-state index is 14.0. The zero-order valence-corrected chi connectivity index (χ0v) is 23.2. The second kappa shape index (κ2) is 8.31. The van der Waals surface area contributed by atoms with Gasteiger partial charge in [0.1, 0.15) is 11.6 Å². The smallest absolute Gasteiger partial charge is 0.306 e. The van der Waals surface area contributed by atoms with Gasteiger partial charge in [0.25, 0.3) is 0 Å². The molecule has 6 unspecified atom stereocenters. The van der Waals surface area contributed by atoms with E-state index in [4.69, 9.17) is 5.11 Å². The zero-order valence-electron chi connectivity index (χ0n) is 23.2. The molecule has 4 aliphatic rings. The summed E-state index contributed by atoms with van der Waals surface area (Å²) in [6, 6.07) is 0. The summed E-state index contributed by atoms with van der Waals surface area (Å²) in [5.41, 5.74) is -5.29. The van der Waals surface area contributed by atoms with Gasteiger partial charge in [0, 0.05) is 36.7 Å². The number of ketones is 4. The van der Waals surface area contributed by atoms with Crippen molar-refractivity contribution in [3.63, 3.8) is 0 Å². The monoisotopic (exact) mass is 526 g/mol. The molecule has 0 heterocycles. The third-order valence-electron chi connectivity index (χ3n) is 10.5. The van der Waals surface area contributed by atoms with Gasteiger partial charge in [0.05, 0.1) is 28.1 Å². The van der Waals surface area contributed by atoms with Crippen LogP contribution in [-0.2, 0) is 24.0 Å². The van der Waals surface area contributed by atoms with Crippen LogP contribution in [0.15, 0.2) is 34.6 Å². The number of allylic oxidation sites excluding steroid dienone is 5. The average molecular weight is 527 g/mol. The number of aliphatic hydroxyl groups is 2. The van der Waals surface area contributed by atoms with E-state index in [1.54, 1.807) is 13.8 Å². The molecule has 8 heteroatoms. The predicted molar refractivity (Wildman–Crippen MR) is 138 cm³/mol. The normalized spacial score (nSPS) is 36.4. The van der Waals surface area contributed by atoms with E-state index >= 15 is 0 Å². The summed E-state index contributed by atoms with van der Waals surface area (Å²) in [6.45, 7) is 11.7. The molecule has 3 N–H and O–H groups in total. The Labute approximate surface area is 222 Å². The Morgan fingerprint density at radius 3 is 2.21 bits per heavy atom. The maximum Gasteiger partial charge on any atom is 0.306 e. The molecule has 4 aliphatic carbocycles. The lowest BCUT2D eigenvalue weighted by Gasteiger charge is -2.58. The first-order valence-corrected chi connectivity index (χ1v) is 13.2. The molecule has 206 valence electrons. The van der Waals surface area contributed by atoms with Gasteiger partial charge < -0.3 is 15.3 Å². The lowest BCUT2D eigenvalue weighted by Crippen LogP contribution is -2.58. The van der Waals surface area contributed by atoms with Crippen molar-refractivity contribution in [3.8, 4) is 0 Å². The Hall–Kier alpha value is -2.87. The summed E-state index contributed by atoms with van der Waals surface area (Å²) < 4.78 is 0. The minimum Gasteiger partial charge on any atom is -0.512 e. The van der Waals surface area contributed by atoms with Crippen molar-refractivity contribution >= 4 is 29.1 Å². The van der Waals surface area contributed by atoms with Crippen molar-refractivity contribution in [3.05, 3.63) is 34.6 Å². The fourth-order valence-electron chi connectivity index (χ4n) is 7.83. The summed E-state index contributed by atoms with van der Waals surface area (Å²) in [7, 11) is 0. The number of rotatable bonds is 6. The number of Topliss-reactive ketones (excluding diaryl/α,β-unsaturated/α-hetero) is 2. The molecule has 0 amide bonds. The maximum atomic E-state index is 14.0. The summed E-state index contributed by atoms with van der Waals surface area (Å²) in [4.78, 5) is 64.6. The molecule has 0 aliphatic heterocycles. The molecule has 8 nitrogen and oxygen atoms in total. The molecule has 0 bridgehead atoms. The van der Waals surface area contributed by atoms with Gasteiger partial charge in [-0.15, -0.1) is 0 Å². The molecule has 4 rings (SSSR count). The van der Waals surface area contributed by atoms with Gasteiger partial charge in [0.15, 0.2) is 11.6 Å². The van der Waals surface area contributed by atoms with Crippen LogP contribution in [0.3, 0.4) is 0 Å². The fraction of sp³-hybridized carbons (Fsp3) is 0.633. The zero-order chi connectivity index (χ0) is 28.8. The van der Waals surface area contributed by atoms with Crippen LogP contribution in [0.2, 0.25) is 0 Å². The number of hydrogen-bond acceptors (Lipinski definition) is 7. The van der Waals surface area contributed by atoms with Crippen molar-refractivity contribution < 1.29 is 39.3 Å². The highest BCUT2D eigenvalue weighted by molar-refractivity contribution is 6.15. The molecular formula is C30H38O8. The van der Waals surface area contributed by atoms with Gasteiger partial charge in [-0.05, 0) is 61.8 Å². The van der Waals surface area contributed by atoms with Crippen molar-refractivity contribution in [1.29, 1.82) is 0 Å². The van der Waals surface area contributed by atoms with Crippen LogP contribution in [0.5, 0.6) is 0 Å². The summed E-state index contributed by atoms with van der Waals surface area (Å²) in [5.74, 6) is -3.61. The third-order valence-corrected chi connectivity index (χ3v) is 10.5. The van der Waals surface area contributed by atoms with Gasteiger partial charge in [-0.25, -0.2) is 0 Å². The highest BCUT2D eigenvalue weighted by atomic mass is 16.4. The Morgan fingerprint density at radius 2 is 1.63 bits per heavy atom. The molecule has 38 heavy (non-hydrogen) atoms. The van der Waals surface area contributed by atoms with Gasteiger partial charge in [0.2, 0.25) is 0 Å².